The molecule has 1 heterocycles. The summed E-state index contributed by atoms with van der Waals surface area (Å²) < 4.78 is 0.975. The van der Waals surface area contributed by atoms with E-state index >= 15 is 0 Å². The molecule has 0 aliphatic heterocycles. The van der Waals surface area contributed by atoms with Gasteiger partial charge in [0.15, 0.2) is 5.78 Å². The molecule has 0 aliphatic carbocycles. The number of carbonyl (C=O) groups is 1. The third kappa shape index (κ3) is 2.65. The van der Waals surface area contributed by atoms with Crippen molar-refractivity contribution in [2.45, 2.75) is 0 Å². The summed E-state index contributed by atoms with van der Waals surface area (Å²) >= 11 is 4.77. The Morgan fingerprint density at radius 3 is 2.88 bits per heavy atom. The first-order valence-electron chi connectivity index (χ1n) is 4.63. The van der Waals surface area contributed by atoms with Crippen LogP contribution in [0.1, 0.15) is 15.2 Å². The highest BCUT2D eigenvalue weighted by atomic mass is 79.9. The van der Waals surface area contributed by atoms with Crippen LogP contribution >= 0.6 is 27.3 Å². The van der Waals surface area contributed by atoms with Crippen LogP contribution in [0, 0.1) is 0 Å². The van der Waals surface area contributed by atoms with E-state index < -0.39 is 0 Å². The predicted octanol–water partition coefficient (Wildman–Crippen LogP) is 3.80. The molecule has 0 aliphatic rings. The Bertz CT molecular complexity index is 520. The molecule has 2 aromatic rings. The number of thiazole rings is 1. The molecule has 0 unspecified atom stereocenters. The van der Waals surface area contributed by atoms with Crippen molar-refractivity contribution in [3.05, 3.63) is 57.0 Å². The summed E-state index contributed by atoms with van der Waals surface area (Å²) in [4.78, 5) is 16.2. The van der Waals surface area contributed by atoms with Crippen molar-refractivity contribution in [3.8, 4) is 0 Å². The highest BCUT2D eigenvalue weighted by Gasteiger charge is 2.02. The van der Waals surface area contributed by atoms with E-state index in [0.29, 0.717) is 4.88 Å². The van der Waals surface area contributed by atoms with Crippen molar-refractivity contribution in [1.29, 1.82) is 0 Å². The Hall–Kier alpha value is -1.26. The normalized spacial score (nSPS) is 10.8. The van der Waals surface area contributed by atoms with Crippen LogP contribution in [0.5, 0.6) is 0 Å². The van der Waals surface area contributed by atoms with Gasteiger partial charge in [-0.3, -0.25) is 9.78 Å². The number of nitrogens with zero attached hydrogens (tertiary/aromatic N) is 1. The van der Waals surface area contributed by atoms with Crippen LogP contribution in [-0.4, -0.2) is 10.8 Å². The highest BCUT2D eigenvalue weighted by Crippen LogP contribution is 2.17. The fourth-order valence-electron chi connectivity index (χ4n) is 1.20. The fraction of sp³-hybridized carbons (Fsp3) is 0. The molecule has 2 nitrogen and oxygen atoms in total. The Morgan fingerprint density at radius 2 is 2.19 bits per heavy atom. The molecule has 4 heteroatoms. The van der Waals surface area contributed by atoms with Crippen LogP contribution in [0.25, 0.3) is 6.08 Å². The van der Waals surface area contributed by atoms with Gasteiger partial charge < -0.3 is 0 Å². The van der Waals surface area contributed by atoms with Crippen LogP contribution in [0.4, 0.5) is 0 Å². The molecule has 0 N–H and O–H groups in total. The zero-order chi connectivity index (χ0) is 11.4. The zero-order valence-electron chi connectivity index (χ0n) is 8.26. The van der Waals surface area contributed by atoms with Gasteiger partial charge in [0.2, 0.25) is 0 Å². The van der Waals surface area contributed by atoms with Gasteiger partial charge in [-0.05, 0) is 23.8 Å². The average Bonchev–Trinajstić information content (AvgIpc) is 2.81. The molecule has 0 saturated heterocycles. The number of benzene rings is 1. The van der Waals surface area contributed by atoms with Gasteiger partial charge >= 0.3 is 0 Å². The first kappa shape index (κ1) is 11.2. The second-order valence-electron chi connectivity index (χ2n) is 3.08. The predicted molar refractivity (Wildman–Crippen MR) is 69.6 cm³/mol. The molecule has 80 valence electrons. The minimum absolute atomic E-state index is 0.0155. The maximum Gasteiger partial charge on any atom is 0.197 e. The third-order valence-corrected chi connectivity index (χ3v) is 3.50. The molecule has 0 spiro atoms. The molecular formula is C12H8BrNOS. The van der Waals surface area contributed by atoms with E-state index in [1.54, 1.807) is 23.9 Å². The van der Waals surface area contributed by atoms with Crippen molar-refractivity contribution in [2.24, 2.45) is 0 Å². The van der Waals surface area contributed by atoms with Crippen LogP contribution in [-0.2, 0) is 0 Å². The maximum absolute atomic E-state index is 11.7. The van der Waals surface area contributed by atoms with E-state index in [1.165, 1.54) is 11.3 Å². The van der Waals surface area contributed by atoms with Gasteiger partial charge in [0.05, 0.1) is 10.4 Å². The average molecular weight is 294 g/mol. The standard InChI is InChI=1S/C12H8BrNOS/c13-10-4-2-1-3-9(10)5-6-11(15)12-7-14-8-16-12/h1-8H. The molecule has 0 amide bonds. The number of allylic oxidation sites excluding steroid dienone is 1. The molecule has 1 aromatic carbocycles. The monoisotopic (exact) mass is 293 g/mol. The summed E-state index contributed by atoms with van der Waals surface area (Å²) in [5, 5.41) is 0. The van der Waals surface area contributed by atoms with Gasteiger partial charge in [-0.15, -0.1) is 11.3 Å². The second-order valence-corrected chi connectivity index (χ2v) is 4.83. The zero-order valence-corrected chi connectivity index (χ0v) is 10.7. The van der Waals surface area contributed by atoms with Crippen LogP contribution in [0.2, 0.25) is 0 Å². The van der Waals surface area contributed by atoms with Crippen molar-refractivity contribution in [3.63, 3.8) is 0 Å². The van der Waals surface area contributed by atoms with Crippen LogP contribution < -0.4 is 0 Å². The minimum Gasteiger partial charge on any atom is -0.288 e. The Balaban J connectivity index is 2.16. The molecule has 0 atom stereocenters. The topological polar surface area (TPSA) is 30.0 Å². The first-order valence-corrected chi connectivity index (χ1v) is 6.30. The summed E-state index contributed by atoms with van der Waals surface area (Å²) in [6, 6.07) is 7.76. The van der Waals surface area contributed by atoms with E-state index in [-0.39, 0.29) is 5.78 Å². The summed E-state index contributed by atoms with van der Waals surface area (Å²) in [7, 11) is 0. The molecule has 0 saturated carbocycles. The van der Waals surface area contributed by atoms with Crippen LogP contribution in [0.3, 0.4) is 0 Å². The highest BCUT2D eigenvalue weighted by molar-refractivity contribution is 9.10. The molecule has 0 bridgehead atoms. The van der Waals surface area contributed by atoms with Gasteiger partial charge in [-0.2, -0.15) is 0 Å². The number of carbonyl (C=O) groups excluding carboxylic acids is 1. The minimum atomic E-state index is -0.0155. The fourth-order valence-corrected chi connectivity index (χ4v) is 2.15. The molecule has 0 fully saturated rings. The number of rotatable bonds is 3. The molecule has 0 radical (unpaired) electrons. The molecule has 2 rings (SSSR count). The lowest BCUT2D eigenvalue weighted by atomic mass is 10.2. The second kappa shape index (κ2) is 5.18. The van der Waals surface area contributed by atoms with Gasteiger partial charge in [0.25, 0.3) is 0 Å². The quantitative estimate of drug-likeness (QED) is 0.636. The Morgan fingerprint density at radius 1 is 1.38 bits per heavy atom. The smallest absolute Gasteiger partial charge is 0.197 e. The van der Waals surface area contributed by atoms with Gasteiger partial charge in [-0.25, -0.2) is 0 Å². The summed E-state index contributed by atoms with van der Waals surface area (Å²) in [6.07, 6.45) is 4.94. The maximum atomic E-state index is 11.7. The van der Waals surface area contributed by atoms with Gasteiger partial charge in [0.1, 0.15) is 0 Å². The summed E-state index contributed by atoms with van der Waals surface area (Å²) in [6.45, 7) is 0. The van der Waals surface area contributed by atoms with Gasteiger partial charge in [-0.1, -0.05) is 34.1 Å². The summed E-state index contributed by atoms with van der Waals surface area (Å²) in [5.74, 6) is -0.0155. The van der Waals surface area contributed by atoms with E-state index in [9.17, 15) is 4.79 Å². The summed E-state index contributed by atoms with van der Waals surface area (Å²) in [5.41, 5.74) is 2.64. The van der Waals surface area contributed by atoms with E-state index in [2.05, 4.69) is 20.9 Å². The molecular weight excluding hydrogens is 286 g/mol. The number of hydrogen-bond acceptors (Lipinski definition) is 3. The van der Waals surface area contributed by atoms with Crippen molar-refractivity contribution < 1.29 is 4.79 Å². The number of ketones is 1. The lowest BCUT2D eigenvalue weighted by molar-refractivity contribution is 0.105. The Kier molecular flexibility index (Phi) is 3.64. The van der Waals surface area contributed by atoms with E-state index in [1.807, 2.05) is 24.3 Å². The molecule has 16 heavy (non-hydrogen) atoms. The SMILES string of the molecule is O=C(C=Cc1ccccc1Br)c1cncs1. The lowest BCUT2D eigenvalue weighted by Crippen LogP contribution is -1.89. The third-order valence-electron chi connectivity index (χ3n) is 1.99. The molecule has 1 aromatic heterocycles. The Labute approximate surface area is 106 Å². The van der Waals surface area contributed by atoms with Crippen molar-refractivity contribution in [1.82, 2.24) is 4.98 Å². The van der Waals surface area contributed by atoms with E-state index in [4.69, 9.17) is 0 Å². The lowest BCUT2D eigenvalue weighted by Gasteiger charge is -1.95. The number of halogens is 1. The largest absolute Gasteiger partial charge is 0.288 e. The van der Waals surface area contributed by atoms with Crippen LogP contribution in [0.15, 0.2) is 46.5 Å². The van der Waals surface area contributed by atoms with Gasteiger partial charge in [0, 0.05) is 10.7 Å². The van der Waals surface area contributed by atoms with Crippen molar-refractivity contribution >= 4 is 39.1 Å². The first-order chi connectivity index (χ1) is 7.77. The number of hydrogen-bond donors (Lipinski definition) is 0. The number of aromatic nitrogens is 1. The van der Waals surface area contributed by atoms with E-state index in [0.717, 1.165) is 10.0 Å². The van der Waals surface area contributed by atoms with Crippen molar-refractivity contribution in [2.75, 3.05) is 0 Å².